The number of rotatable bonds is 10. The Balaban J connectivity index is 1.65. The van der Waals surface area contributed by atoms with Gasteiger partial charge in [0.05, 0.1) is 10.7 Å². The largest absolute Gasteiger partial charge is 0.352 e. The van der Waals surface area contributed by atoms with Crippen molar-refractivity contribution in [1.29, 1.82) is 0 Å². The van der Waals surface area contributed by atoms with Gasteiger partial charge in [-0.05, 0) is 43.4 Å². The van der Waals surface area contributed by atoms with Gasteiger partial charge in [-0.15, -0.1) is 11.8 Å². The first-order valence-corrected chi connectivity index (χ1v) is 13.0. The maximum Gasteiger partial charge on any atom is 0.269 e. The molecule has 1 N–H and O–H groups in total. The molecule has 0 bridgehead atoms. The van der Waals surface area contributed by atoms with Crippen molar-refractivity contribution in [3.8, 4) is 0 Å². The van der Waals surface area contributed by atoms with E-state index in [1.165, 1.54) is 30.3 Å². The Morgan fingerprint density at radius 2 is 1.79 bits per heavy atom. The van der Waals surface area contributed by atoms with Crippen LogP contribution in [0.25, 0.3) is 0 Å². The van der Waals surface area contributed by atoms with E-state index in [1.54, 1.807) is 24.0 Å². The van der Waals surface area contributed by atoms with Crippen molar-refractivity contribution in [3.63, 3.8) is 0 Å². The molecule has 182 valence electrons. The van der Waals surface area contributed by atoms with E-state index in [0.29, 0.717) is 12.3 Å². The molecule has 0 aliphatic heterocycles. The smallest absolute Gasteiger partial charge is 0.269 e. The van der Waals surface area contributed by atoms with E-state index in [4.69, 9.17) is 0 Å². The molecule has 3 rings (SSSR count). The van der Waals surface area contributed by atoms with Crippen molar-refractivity contribution in [2.45, 2.75) is 70.3 Å². The number of aryl methyl sites for hydroxylation is 1. The average Bonchev–Trinajstić information content (AvgIpc) is 2.84. The van der Waals surface area contributed by atoms with Crippen LogP contribution < -0.4 is 5.32 Å². The number of carbonyl (C=O) groups excluding carboxylic acids is 2. The van der Waals surface area contributed by atoms with Gasteiger partial charge in [0, 0.05) is 30.5 Å². The molecule has 1 fully saturated rings. The summed E-state index contributed by atoms with van der Waals surface area (Å²) in [6.07, 6.45) is 5.46. The van der Waals surface area contributed by atoms with Crippen molar-refractivity contribution >= 4 is 29.3 Å². The van der Waals surface area contributed by atoms with Gasteiger partial charge in [-0.3, -0.25) is 19.7 Å². The van der Waals surface area contributed by atoms with Gasteiger partial charge in [0.15, 0.2) is 0 Å². The van der Waals surface area contributed by atoms with Crippen molar-refractivity contribution in [2.75, 3.05) is 5.75 Å². The second-order valence-electron chi connectivity index (χ2n) is 8.88. The minimum absolute atomic E-state index is 0.0482. The average molecular weight is 484 g/mol. The summed E-state index contributed by atoms with van der Waals surface area (Å²) in [6, 6.07) is 13.9. The van der Waals surface area contributed by atoms with Crippen LogP contribution in [0, 0.1) is 17.0 Å². The molecular weight excluding hydrogens is 450 g/mol. The van der Waals surface area contributed by atoms with Gasteiger partial charge in [0.1, 0.15) is 6.04 Å². The van der Waals surface area contributed by atoms with Gasteiger partial charge in [-0.1, -0.05) is 55.7 Å². The van der Waals surface area contributed by atoms with Crippen molar-refractivity contribution in [3.05, 3.63) is 75.3 Å². The quantitative estimate of drug-likeness (QED) is 0.379. The number of nitro benzene ring substituents is 1. The predicted octanol–water partition coefficient (Wildman–Crippen LogP) is 5.00. The number of amides is 2. The van der Waals surface area contributed by atoms with Crippen LogP contribution in [0.3, 0.4) is 0 Å². The Kier molecular flexibility index (Phi) is 9.51. The number of non-ortho nitro benzene ring substituents is 1. The molecule has 2 aromatic carbocycles. The molecule has 0 spiro atoms. The maximum atomic E-state index is 13.3. The van der Waals surface area contributed by atoms with Gasteiger partial charge >= 0.3 is 0 Å². The summed E-state index contributed by atoms with van der Waals surface area (Å²) in [5, 5.41) is 14.0. The number of thioether (sulfide) groups is 1. The number of nitro groups is 1. The van der Waals surface area contributed by atoms with Gasteiger partial charge in [0.2, 0.25) is 11.8 Å². The lowest BCUT2D eigenvalue weighted by atomic mass is 9.95. The first kappa shape index (κ1) is 25.7. The SMILES string of the molecule is Cc1ccccc1CN(C(=O)CSCc1ccc([N+](=O)[O-])cc1)[C@@H](C)C(=O)NC1CCCCC1. The minimum atomic E-state index is -0.575. The normalized spacial score (nSPS) is 14.9. The molecule has 1 aliphatic carbocycles. The first-order valence-electron chi connectivity index (χ1n) is 11.8. The van der Waals surface area contributed by atoms with Crippen LogP contribution >= 0.6 is 11.8 Å². The fraction of sp³-hybridized carbons (Fsp3) is 0.462. The maximum absolute atomic E-state index is 13.3. The van der Waals surface area contributed by atoms with Gasteiger partial charge in [0.25, 0.3) is 5.69 Å². The monoisotopic (exact) mass is 483 g/mol. The number of hydrogen-bond acceptors (Lipinski definition) is 5. The summed E-state index contributed by atoms with van der Waals surface area (Å²) in [5.41, 5.74) is 3.07. The highest BCUT2D eigenvalue weighted by Crippen LogP contribution is 2.21. The second kappa shape index (κ2) is 12.6. The van der Waals surface area contributed by atoms with Crippen LogP contribution in [0.15, 0.2) is 48.5 Å². The second-order valence-corrected chi connectivity index (χ2v) is 9.87. The van der Waals surface area contributed by atoms with Crippen LogP contribution in [0.4, 0.5) is 5.69 Å². The first-order chi connectivity index (χ1) is 16.3. The molecule has 1 aliphatic rings. The minimum Gasteiger partial charge on any atom is -0.352 e. The van der Waals surface area contributed by atoms with E-state index < -0.39 is 11.0 Å². The molecule has 34 heavy (non-hydrogen) atoms. The van der Waals surface area contributed by atoms with E-state index in [1.807, 2.05) is 31.2 Å². The van der Waals surface area contributed by atoms with E-state index in [2.05, 4.69) is 5.32 Å². The summed E-state index contributed by atoms with van der Waals surface area (Å²) in [6.45, 7) is 4.19. The Morgan fingerprint density at radius 3 is 2.44 bits per heavy atom. The molecule has 1 saturated carbocycles. The molecule has 7 nitrogen and oxygen atoms in total. The zero-order valence-corrected chi connectivity index (χ0v) is 20.7. The lowest BCUT2D eigenvalue weighted by Crippen LogP contribution is -2.50. The molecule has 0 saturated heterocycles. The van der Waals surface area contributed by atoms with Gasteiger partial charge in [-0.25, -0.2) is 0 Å². The highest BCUT2D eigenvalue weighted by molar-refractivity contribution is 7.99. The molecule has 0 aromatic heterocycles. The van der Waals surface area contributed by atoms with E-state index >= 15 is 0 Å². The molecule has 1 atom stereocenters. The van der Waals surface area contributed by atoms with E-state index in [9.17, 15) is 19.7 Å². The summed E-state index contributed by atoms with van der Waals surface area (Å²) < 4.78 is 0. The topological polar surface area (TPSA) is 92.6 Å². The number of benzene rings is 2. The fourth-order valence-electron chi connectivity index (χ4n) is 4.18. The Morgan fingerprint density at radius 1 is 1.12 bits per heavy atom. The predicted molar refractivity (Wildman–Crippen MR) is 135 cm³/mol. The van der Waals surface area contributed by atoms with Crippen LogP contribution in [0.2, 0.25) is 0 Å². The third kappa shape index (κ3) is 7.32. The van der Waals surface area contributed by atoms with Crippen LogP contribution in [-0.2, 0) is 21.9 Å². The third-order valence-corrected chi connectivity index (χ3v) is 7.35. The lowest BCUT2D eigenvalue weighted by molar-refractivity contribution is -0.384. The lowest BCUT2D eigenvalue weighted by Gasteiger charge is -2.31. The zero-order chi connectivity index (χ0) is 24.5. The number of nitrogens with zero attached hydrogens (tertiary/aromatic N) is 2. The van der Waals surface area contributed by atoms with Crippen LogP contribution in [0.1, 0.15) is 55.7 Å². The van der Waals surface area contributed by atoms with Crippen molar-refractivity contribution in [1.82, 2.24) is 10.2 Å². The molecule has 0 radical (unpaired) electrons. The van der Waals surface area contributed by atoms with Crippen molar-refractivity contribution in [2.24, 2.45) is 0 Å². The zero-order valence-electron chi connectivity index (χ0n) is 19.9. The number of carbonyl (C=O) groups is 2. The summed E-state index contributed by atoms with van der Waals surface area (Å²) in [4.78, 5) is 38.4. The van der Waals surface area contributed by atoms with Crippen molar-refractivity contribution < 1.29 is 14.5 Å². The summed E-state index contributed by atoms with van der Waals surface area (Å²) >= 11 is 1.44. The Hall–Kier alpha value is -2.87. The van der Waals surface area contributed by atoms with Crippen LogP contribution in [0.5, 0.6) is 0 Å². The molecule has 2 aromatic rings. The highest BCUT2D eigenvalue weighted by atomic mass is 32.2. The Bertz CT molecular complexity index is 990. The molecule has 0 heterocycles. The number of nitrogens with one attached hydrogen (secondary N) is 1. The molecular formula is C26H33N3O4S. The van der Waals surface area contributed by atoms with Crippen LogP contribution in [-0.4, -0.2) is 39.5 Å². The standard InChI is InChI=1S/C26H33N3O4S/c1-19-8-6-7-9-22(19)16-28(20(2)26(31)27-23-10-4-3-5-11-23)25(30)18-34-17-21-12-14-24(15-13-21)29(32)33/h6-9,12-15,20,23H,3-5,10-11,16-18H2,1-2H3,(H,27,31)/t20-/m0/s1. The summed E-state index contributed by atoms with van der Waals surface area (Å²) in [5.74, 6) is 0.588. The van der Waals surface area contributed by atoms with E-state index in [-0.39, 0.29) is 29.3 Å². The fourth-order valence-corrected chi connectivity index (χ4v) is 5.05. The molecule has 8 heteroatoms. The summed E-state index contributed by atoms with van der Waals surface area (Å²) in [7, 11) is 0. The third-order valence-electron chi connectivity index (χ3n) is 6.36. The Labute approximate surface area is 205 Å². The molecule has 2 amide bonds. The van der Waals surface area contributed by atoms with Gasteiger partial charge < -0.3 is 10.2 Å². The highest BCUT2D eigenvalue weighted by Gasteiger charge is 2.28. The number of hydrogen-bond donors (Lipinski definition) is 1. The van der Waals surface area contributed by atoms with E-state index in [0.717, 1.165) is 42.4 Å². The van der Waals surface area contributed by atoms with Gasteiger partial charge in [-0.2, -0.15) is 0 Å². The molecule has 0 unspecified atom stereocenters.